The Morgan fingerprint density at radius 1 is 1.20 bits per heavy atom. The van der Waals surface area contributed by atoms with Crippen LogP contribution in [0.3, 0.4) is 0 Å². The molecular formula is C13H10N4O2S. The molecule has 0 aliphatic carbocycles. The van der Waals surface area contributed by atoms with Crippen LogP contribution >= 0.6 is 11.8 Å². The molecule has 0 amide bonds. The summed E-state index contributed by atoms with van der Waals surface area (Å²) in [5.41, 5.74) is 0.698. The number of nitrogens with zero attached hydrogens (tertiary/aromatic N) is 4. The summed E-state index contributed by atoms with van der Waals surface area (Å²) < 4.78 is 0.804. The van der Waals surface area contributed by atoms with Crippen molar-refractivity contribution in [3.63, 3.8) is 0 Å². The van der Waals surface area contributed by atoms with Gasteiger partial charge in [-0.25, -0.2) is 9.97 Å². The maximum absolute atomic E-state index is 11.6. The summed E-state index contributed by atoms with van der Waals surface area (Å²) in [4.78, 5) is 23.2. The topological polar surface area (TPSA) is 80.9 Å². The molecule has 0 saturated carbocycles. The average molecular weight is 286 g/mol. The minimum absolute atomic E-state index is 0.0630. The van der Waals surface area contributed by atoms with Gasteiger partial charge in [-0.3, -0.25) is 4.79 Å². The molecule has 0 fully saturated rings. The number of benzene rings is 1. The molecule has 0 atom stereocenters. The Morgan fingerprint density at radius 2 is 2.00 bits per heavy atom. The van der Waals surface area contributed by atoms with E-state index in [1.165, 1.54) is 18.0 Å². The lowest BCUT2D eigenvalue weighted by Crippen LogP contribution is -2.17. The number of fused-ring (bicyclic) bond motifs is 1. The zero-order chi connectivity index (χ0) is 13.9. The molecule has 6 nitrogen and oxygen atoms in total. The third kappa shape index (κ3) is 2.48. The van der Waals surface area contributed by atoms with E-state index in [9.17, 15) is 10.0 Å². The number of thioether (sulfide) groups is 1. The van der Waals surface area contributed by atoms with Crippen LogP contribution in [0.5, 0.6) is 0 Å². The van der Waals surface area contributed by atoms with Gasteiger partial charge in [0, 0.05) is 5.75 Å². The Hall–Kier alpha value is -2.41. The molecular weight excluding hydrogens is 276 g/mol. The standard InChI is InChI=1S/C13H10N4O2S/c18-13-11-12(14-8-15-13)17(19)6-10(16-11)20-7-9-4-2-1-3-5-9/h1-6,8,19H,7H2. The lowest BCUT2D eigenvalue weighted by atomic mass is 10.2. The van der Waals surface area contributed by atoms with Crippen molar-refractivity contribution in [3.8, 4) is 11.5 Å². The zero-order valence-electron chi connectivity index (χ0n) is 10.3. The molecule has 0 radical (unpaired) electrons. The summed E-state index contributed by atoms with van der Waals surface area (Å²) >= 11 is 1.42. The highest BCUT2D eigenvalue weighted by molar-refractivity contribution is 7.98. The van der Waals surface area contributed by atoms with E-state index >= 15 is 0 Å². The zero-order valence-corrected chi connectivity index (χ0v) is 11.1. The van der Waals surface area contributed by atoms with Crippen LogP contribution in [0.2, 0.25) is 0 Å². The Kier molecular flexibility index (Phi) is 3.34. The van der Waals surface area contributed by atoms with E-state index in [4.69, 9.17) is 0 Å². The van der Waals surface area contributed by atoms with Gasteiger partial charge in [-0.15, -0.1) is 11.8 Å². The quantitative estimate of drug-likeness (QED) is 0.582. The Labute approximate surface area is 118 Å². The first-order chi connectivity index (χ1) is 9.74. The second kappa shape index (κ2) is 5.30. The SMILES string of the molecule is O=c1ncnc2n(O)cc(SCc3ccccc3)nc1-2. The van der Waals surface area contributed by atoms with Gasteiger partial charge in [-0.2, -0.15) is 9.71 Å². The van der Waals surface area contributed by atoms with Crippen molar-refractivity contribution in [2.75, 3.05) is 0 Å². The molecule has 1 aromatic rings. The summed E-state index contributed by atoms with van der Waals surface area (Å²) in [6.45, 7) is 0. The summed E-state index contributed by atoms with van der Waals surface area (Å²) in [5, 5.41) is 10.3. The highest BCUT2D eigenvalue weighted by Gasteiger charge is 2.15. The number of aromatic nitrogens is 4. The molecule has 2 aliphatic rings. The van der Waals surface area contributed by atoms with Gasteiger partial charge < -0.3 is 5.21 Å². The van der Waals surface area contributed by atoms with Crippen molar-refractivity contribution in [2.45, 2.75) is 10.8 Å². The normalized spacial score (nSPS) is 10.8. The predicted octanol–water partition coefficient (Wildman–Crippen LogP) is 1.67. The Morgan fingerprint density at radius 3 is 2.80 bits per heavy atom. The fraction of sp³-hybridized carbons (Fsp3) is 0.0769. The average Bonchev–Trinajstić information content (AvgIpc) is 2.47. The van der Waals surface area contributed by atoms with Gasteiger partial charge >= 0.3 is 5.56 Å². The van der Waals surface area contributed by atoms with E-state index in [0.717, 1.165) is 16.6 Å². The first kappa shape index (κ1) is 12.6. The van der Waals surface area contributed by atoms with Crippen LogP contribution in [0.1, 0.15) is 5.56 Å². The largest absolute Gasteiger partial charge is 0.427 e. The first-order valence-electron chi connectivity index (χ1n) is 5.84. The van der Waals surface area contributed by atoms with Gasteiger partial charge in [0.25, 0.3) is 0 Å². The van der Waals surface area contributed by atoms with Crippen LogP contribution in [0.15, 0.2) is 52.7 Å². The third-order valence-corrected chi connectivity index (χ3v) is 3.64. The highest BCUT2D eigenvalue weighted by atomic mass is 32.2. The second-order valence-electron chi connectivity index (χ2n) is 4.05. The Bertz CT molecular complexity index is 760. The van der Waals surface area contributed by atoms with Crippen molar-refractivity contribution in [1.29, 1.82) is 0 Å². The van der Waals surface area contributed by atoms with Crippen molar-refractivity contribution in [3.05, 3.63) is 58.8 Å². The van der Waals surface area contributed by atoms with Gasteiger partial charge in [0.1, 0.15) is 11.4 Å². The van der Waals surface area contributed by atoms with Crippen molar-refractivity contribution >= 4 is 11.8 Å². The lowest BCUT2D eigenvalue weighted by Gasteiger charge is -2.09. The van der Waals surface area contributed by atoms with Gasteiger partial charge in [0.05, 0.1) is 6.20 Å². The number of hydrogen-bond acceptors (Lipinski definition) is 6. The smallest absolute Gasteiger partial charge is 0.301 e. The van der Waals surface area contributed by atoms with E-state index in [1.807, 2.05) is 30.3 Å². The van der Waals surface area contributed by atoms with Gasteiger partial charge in [-0.1, -0.05) is 30.3 Å². The minimum atomic E-state index is -0.500. The molecule has 3 rings (SSSR count). The molecule has 0 saturated heterocycles. The lowest BCUT2D eigenvalue weighted by molar-refractivity contribution is 0.182. The van der Waals surface area contributed by atoms with Gasteiger partial charge in [0.15, 0.2) is 5.69 Å². The molecule has 20 heavy (non-hydrogen) atoms. The Balaban J connectivity index is 1.91. The van der Waals surface area contributed by atoms with Crippen molar-refractivity contribution in [1.82, 2.24) is 19.7 Å². The maximum atomic E-state index is 11.6. The summed E-state index contributed by atoms with van der Waals surface area (Å²) in [6.07, 6.45) is 2.54. The molecule has 1 N–H and O–H groups in total. The number of hydrogen-bond donors (Lipinski definition) is 1. The molecule has 7 heteroatoms. The maximum Gasteiger partial charge on any atom is 0.301 e. The van der Waals surface area contributed by atoms with Crippen LogP contribution in [0.25, 0.3) is 11.5 Å². The first-order valence-corrected chi connectivity index (χ1v) is 6.83. The summed E-state index contributed by atoms with van der Waals surface area (Å²) in [6, 6.07) is 9.87. The van der Waals surface area contributed by atoms with E-state index < -0.39 is 5.56 Å². The molecule has 100 valence electrons. The highest BCUT2D eigenvalue weighted by Crippen LogP contribution is 2.23. The summed E-state index contributed by atoms with van der Waals surface area (Å²) in [5.74, 6) is 0.801. The molecule has 0 aromatic heterocycles. The fourth-order valence-corrected chi connectivity index (χ4v) is 2.56. The van der Waals surface area contributed by atoms with E-state index in [1.54, 1.807) is 0 Å². The fourth-order valence-electron chi connectivity index (χ4n) is 1.73. The van der Waals surface area contributed by atoms with Gasteiger partial charge in [0.2, 0.25) is 5.82 Å². The molecule has 2 heterocycles. The van der Waals surface area contributed by atoms with Crippen LogP contribution in [0, 0.1) is 0 Å². The van der Waals surface area contributed by atoms with Crippen LogP contribution in [0.4, 0.5) is 0 Å². The van der Waals surface area contributed by atoms with Crippen LogP contribution < -0.4 is 5.56 Å². The van der Waals surface area contributed by atoms with Crippen LogP contribution in [-0.4, -0.2) is 24.9 Å². The third-order valence-electron chi connectivity index (χ3n) is 2.67. The van der Waals surface area contributed by atoms with Crippen molar-refractivity contribution < 1.29 is 5.21 Å². The molecule has 1 aromatic carbocycles. The van der Waals surface area contributed by atoms with E-state index in [0.29, 0.717) is 10.8 Å². The van der Waals surface area contributed by atoms with E-state index in [-0.39, 0.29) is 11.5 Å². The second-order valence-corrected chi connectivity index (χ2v) is 5.04. The van der Waals surface area contributed by atoms with Gasteiger partial charge in [-0.05, 0) is 5.56 Å². The van der Waals surface area contributed by atoms with E-state index in [2.05, 4.69) is 15.0 Å². The minimum Gasteiger partial charge on any atom is -0.427 e. The molecule has 0 unspecified atom stereocenters. The molecule has 0 bridgehead atoms. The number of rotatable bonds is 3. The molecule has 0 spiro atoms. The summed E-state index contributed by atoms with van der Waals surface area (Å²) in [7, 11) is 0. The van der Waals surface area contributed by atoms with Crippen molar-refractivity contribution in [2.24, 2.45) is 0 Å². The predicted molar refractivity (Wildman–Crippen MR) is 73.9 cm³/mol. The van der Waals surface area contributed by atoms with Crippen LogP contribution in [-0.2, 0) is 5.75 Å². The molecule has 2 aliphatic heterocycles. The monoisotopic (exact) mass is 286 g/mol.